The highest BCUT2D eigenvalue weighted by molar-refractivity contribution is 5.13. The van der Waals surface area contributed by atoms with Crippen molar-refractivity contribution in [3.63, 3.8) is 0 Å². The van der Waals surface area contributed by atoms with E-state index in [9.17, 15) is 0 Å². The van der Waals surface area contributed by atoms with Gasteiger partial charge in [-0.25, -0.2) is 0 Å². The molecule has 0 amide bonds. The van der Waals surface area contributed by atoms with Crippen LogP contribution in [0.4, 0.5) is 0 Å². The van der Waals surface area contributed by atoms with Gasteiger partial charge in [0.05, 0.1) is 0 Å². The first kappa shape index (κ1) is 9.66. The molecule has 0 spiro atoms. The number of nitrogens with zero attached hydrogens (tertiary/aromatic N) is 1. The van der Waals surface area contributed by atoms with E-state index in [0.29, 0.717) is 6.04 Å². The number of pyridine rings is 1. The van der Waals surface area contributed by atoms with Gasteiger partial charge in [0, 0.05) is 18.4 Å². The topological polar surface area (TPSA) is 24.9 Å². The molecule has 1 unspecified atom stereocenters. The summed E-state index contributed by atoms with van der Waals surface area (Å²) in [6.45, 7) is 0. The summed E-state index contributed by atoms with van der Waals surface area (Å²) in [5.74, 6) is 1.02. The van der Waals surface area contributed by atoms with E-state index in [1.165, 1.54) is 31.2 Å². The molecule has 14 heavy (non-hydrogen) atoms. The Bertz CT molecular complexity index is 267. The van der Waals surface area contributed by atoms with Gasteiger partial charge in [0.25, 0.3) is 0 Å². The number of nitrogens with one attached hydrogen (secondary N) is 1. The van der Waals surface area contributed by atoms with Crippen molar-refractivity contribution in [3.05, 3.63) is 30.1 Å². The van der Waals surface area contributed by atoms with E-state index >= 15 is 0 Å². The van der Waals surface area contributed by atoms with Crippen LogP contribution in [0.2, 0.25) is 0 Å². The van der Waals surface area contributed by atoms with Crippen LogP contribution in [0.1, 0.15) is 37.3 Å². The smallest absolute Gasteiger partial charge is 0.0332 e. The van der Waals surface area contributed by atoms with Crippen LogP contribution in [0.25, 0.3) is 0 Å². The van der Waals surface area contributed by atoms with E-state index in [4.69, 9.17) is 0 Å². The first-order chi connectivity index (χ1) is 6.90. The fourth-order valence-corrected chi connectivity index (χ4v) is 1.87. The molecule has 0 saturated heterocycles. The number of hydrogen-bond donors (Lipinski definition) is 1. The summed E-state index contributed by atoms with van der Waals surface area (Å²) in [6, 6.07) is 4.65. The van der Waals surface area contributed by atoms with Gasteiger partial charge in [-0.05, 0) is 37.4 Å². The van der Waals surface area contributed by atoms with Gasteiger partial charge in [0.15, 0.2) is 0 Å². The van der Waals surface area contributed by atoms with Crippen molar-refractivity contribution in [2.45, 2.75) is 31.7 Å². The summed E-state index contributed by atoms with van der Waals surface area (Å²) >= 11 is 0. The van der Waals surface area contributed by atoms with Gasteiger partial charge in [0.1, 0.15) is 0 Å². The average Bonchev–Trinajstić information content (AvgIpc) is 3.04. The average molecular weight is 190 g/mol. The van der Waals surface area contributed by atoms with E-state index in [1.54, 1.807) is 0 Å². The lowest BCUT2D eigenvalue weighted by atomic mass is 10.0. The van der Waals surface area contributed by atoms with Gasteiger partial charge in [0.2, 0.25) is 0 Å². The lowest BCUT2D eigenvalue weighted by Gasteiger charge is -2.15. The number of aromatic nitrogens is 1. The Morgan fingerprint density at radius 3 is 3.00 bits per heavy atom. The summed E-state index contributed by atoms with van der Waals surface area (Å²) in [7, 11) is 2.03. The maximum atomic E-state index is 4.16. The Kier molecular flexibility index (Phi) is 3.14. The first-order valence-electron chi connectivity index (χ1n) is 5.47. The van der Waals surface area contributed by atoms with Crippen LogP contribution in [-0.4, -0.2) is 12.0 Å². The second-order valence-electron chi connectivity index (χ2n) is 4.15. The van der Waals surface area contributed by atoms with Gasteiger partial charge in [-0.1, -0.05) is 18.9 Å². The highest BCUT2D eigenvalue weighted by atomic mass is 14.9. The second-order valence-corrected chi connectivity index (χ2v) is 4.15. The monoisotopic (exact) mass is 190 g/mol. The van der Waals surface area contributed by atoms with Crippen molar-refractivity contribution >= 4 is 0 Å². The molecule has 0 aromatic carbocycles. The summed E-state index contributed by atoms with van der Waals surface area (Å²) in [6.07, 6.45) is 9.30. The maximum absolute atomic E-state index is 4.16. The second kappa shape index (κ2) is 4.56. The van der Waals surface area contributed by atoms with Crippen LogP contribution in [0.3, 0.4) is 0 Å². The molecular formula is C12H18N2. The zero-order valence-corrected chi connectivity index (χ0v) is 8.74. The van der Waals surface area contributed by atoms with Crippen molar-refractivity contribution < 1.29 is 0 Å². The van der Waals surface area contributed by atoms with Gasteiger partial charge >= 0.3 is 0 Å². The quantitative estimate of drug-likeness (QED) is 0.771. The van der Waals surface area contributed by atoms with Crippen LogP contribution in [0.5, 0.6) is 0 Å². The van der Waals surface area contributed by atoms with Crippen LogP contribution < -0.4 is 5.32 Å². The molecule has 2 nitrogen and oxygen atoms in total. The minimum Gasteiger partial charge on any atom is -0.313 e. The predicted molar refractivity (Wildman–Crippen MR) is 58.0 cm³/mol. The van der Waals surface area contributed by atoms with Crippen LogP contribution in [0, 0.1) is 5.92 Å². The zero-order valence-electron chi connectivity index (χ0n) is 8.74. The molecule has 1 fully saturated rings. The third-order valence-corrected chi connectivity index (χ3v) is 3.00. The Hall–Kier alpha value is -0.890. The molecule has 0 bridgehead atoms. The fraction of sp³-hybridized carbons (Fsp3) is 0.583. The highest BCUT2D eigenvalue weighted by Gasteiger charge is 2.22. The van der Waals surface area contributed by atoms with Gasteiger partial charge in [-0.15, -0.1) is 0 Å². The van der Waals surface area contributed by atoms with Crippen LogP contribution in [-0.2, 0) is 0 Å². The van der Waals surface area contributed by atoms with Gasteiger partial charge < -0.3 is 5.32 Å². The molecule has 1 N–H and O–H groups in total. The molecule has 1 aliphatic carbocycles. The Morgan fingerprint density at radius 1 is 1.57 bits per heavy atom. The number of hydrogen-bond acceptors (Lipinski definition) is 2. The van der Waals surface area contributed by atoms with Crippen molar-refractivity contribution in [1.29, 1.82) is 0 Å². The normalized spacial score (nSPS) is 18.1. The van der Waals surface area contributed by atoms with Crippen LogP contribution in [0.15, 0.2) is 24.5 Å². The van der Waals surface area contributed by atoms with Gasteiger partial charge in [-0.2, -0.15) is 0 Å². The van der Waals surface area contributed by atoms with E-state index < -0.39 is 0 Å². The molecule has 2 rings (SSSR count). The summed E-state index contributed by atoms with van der Waals surface area (Å²) < 4.78 is 0. The van der Waals surface area contributed by atoms with Crippen molar-refractivity contribution in [2.75, 3.05) is 7.05 Å². The SMILES string of the molecule is CNC(CCC1CC1)c1cccnc1. The number of rotatable bonds is 5. The maximum Gasteiger partial charge on any atom is 0.0332 e. The predicted octanol–water partition coefficient (Wildman–Crippen LogP) is 2.53. The third kappa shape index (κ3) is 2.55. The molecule has 1 aromatic heterocycles. The summed E-state index contributed by atoms with van der Waals surface area (Å²) in [4.78, 5) is 4.16. The molecule has 0 aliphatic heterocycles. The standard InChI is InChI=1S/C12H18N2/c1-13-12(7-6-10-4-5-10)11-3-2-8-14-9-11/h2-3,8-10,12-13H,4-7H2,1H3. The van der Waals surface area contributed by atoms with E-state index in [-0.39, 0.29) is 0 Å². The molecule has 1 aliphatic rings. The van der Waals surface area contributed by atoms with Crippen molar-refractivity contribution in [3.8, 4) is 0 Å². The molecule has 1 saturated carbocycles. The molecule has 76 valence electrons. The van der Waals surface area contributed by atoms with Crippen molar-refractivity contribution in [1.82, 2.24) is 10.3 Å². The molecular weight excluding hydrogens is 172 g/mol. The molecule has 1 heterocycles. The molecule has 1 aromatic rings. The van der Waals surface area contributed by atoms with Crippen LogP contribution >= 0.6 is 0 Å². The van der Waals surface area contributed by atoms with E-state index in [2.05, 4.69) is 16.4 Å². The minimum atomic E-state index is 0.490. The van der Waals surface area contributed by atoms with E-state index in [0.717, 1.165) is 5.92 Å². The third-order valence-electron chi connectivity index (χ3n) is 3.00. The summed E-state index contributed by atoms with van der Waals surface area (Å²) in [5.41, 5.74) is 1.32. The zero-order chi connectivity index (χ0) is 9.80. The fourth-order valence-electron chi connectivity index (χ4n) is 1.87. The Balaban J connectivity index is 1.90. The van der Waals surface area contributed by atoms with Gasteiger partial charge in [-0.3, -0.25) is 4.98 Å². The van der Waals surface area contributed by atoms with E-state index in [1.807, 2.05) is 25.5 Å². The lowest BCUT2D eigenvalue weighted by Crippen LogP contribution is -2.16. The molecule has 1 atom stereocenters. The Morgan fingerprint density at radius 2 is 2.43 bits per heavy atom. The highest BCUT2D eigenvalue weighted by Crippen LogP contribution is 2.35. The van der Waals surface area contributed by atoms with Crippen molar-refractivity contribution in [2.24, 2.45) is 5.92 Å². The lowest BCUT2D eigenvalue weighted by molar-refractivity contribution is 0.505. The first-order valence-corrected chi connectivity index (χ1v) is 5.47. The Labute approximate surface area is 85.7 Å². The molecule has 2 heteroatoms. The summed E-state index contributed by atoms with van der Waals surface area (Å²) in [5, 5.41) is 3.36. The largest absolute Gasteiger partial charge is 0.313 e. The molecule has 0 radical (unpaired) electrons. The minimum absolute atomic E-state index is 0.490.